The molecular formula is C13H15N3O3S. The maximum Gasteiger partial charge on any atom is 0.271 e. The monoisotopic (exact) mass is 293 g/mol. The van der Waals surface area contributed by atoms with E-state index in [1.165, 1.54) is 0 Å². The summed E-state index contributed by atoms with van der Waals surface area (Å²) in [6, 6.07) is 5.54. The lowest BCUT2D eigenvalue weighted by atomic mass is 10.1. The van der Waals surface area contributed by atoms with Crippen LogP contribution in [0, 0.1) is 5.92 Å². The van der Waals surface area contributed by atoms with E-state index in [1.807, 2.05) is 24.4 Å². The van der Waals surface area contributed by atoms with Crippen molar-refractivity contribution in [2.24, 2.45) is 5.92 Å². The standard InChI is InChI=1S/C13H15N3O3S/c17-13(14-7-10-4-6-20(18,19)9-10)11-8-16-5-2-1-3-12(16)15-11/h1-3,5,8,10H,4,6-7,9H2,(H,14,17). The van der Waals surface area contributed by atoms with Gasteiger partial charge in [-0.3, -0.25) is 4.79 Å². The molecule has 1 N–H and O–H groups in total. The SMILES string of the molecule is O=C(NCC1CCS(=O)(=O)C1)c1cn2ccccc2n1. The molecule has 0 saturated carbocycles. The zero-order valence-electron chi connectivity index (χ0n) is 10.8. The van der Waals surface area contributed by atoms with Crippen molar-refractivity contribution in [3.8, 4) is 0 Å². The van der Waals surface area contributed by atoms with Gasteiger partial charge in [-0.25, -0.2) is 13.4 Å². The lowest BCUT2D eigenvalue weighted by molar-refractivity contribution is 0.0944. The molecular weight excluding hydrogens is 278 g/mol. The van der Waals surface area contributed by atoms with Gasteiger partial charge in [-0.2, -0.15) is 0 Å². The minimum absolute atomic E-state index is 0.0148. The normalized spacial score (nSPS) is 21.1. The summed E-state index contributed by atoms with van der Waals surface area (Å²) in [5, 5.41) is 2.76. The number of rotatable bonds is 3. The van der Waals surface area contributed by atoms with Crippen LogP contribution in [0.2, 0.25) is 0 Å². The fourth-order valence-corrected chi connectivity index (χ4v) is 4.27. The fraction of sp³-hybridized carbons (Fsp3) is 0.385. The first kappa shape index (κ1) is 13.1. The Morgan fingerprint density at radius 3 is 3.00 bits per heavy atom. The van der Waals surface area contributed by atoms with Crippen LogP contribution in [0.5, 0.6) is 0 Å². The van der Waals surface area contributed by atoms with Gasteiger partial charge in [-0.1, -0.05) is 6.07 Å². The highest BCUT2D eigenvalue weighted by atomic mass is 32.2. The van der Waals surface area contributed by atoms with E-state index in [9.17, 15) is 13.2 Å². The highest BCUT2D eigenvalue weighted by molar-refractivity contribution is 7.91. The van der Waals surface area contributed by atoms with E-state index < -0.39 is 9.84 Å². The minimum atomic E-state index is -2.90. The summed E-state index contributed by atoms with van der Waals surface area (Å²) in [4.78, 5) is 16.2. The van der Waals surface area contributed by atoms with E-state index in [0.717, 1.165) is 0 Å². The van der Waals surface area contributed by atoms with Crippen molar-refractivity contribution in [3.63, 3.8) is 0 Å². The Bertz CT molecular complexity index is 718. The second-order valence-corrected chi connectivity index (χ2v) is 7.30. The van der Waals surface area contributed by atoms with Crippen LogP contribution in [0.4, 0.5) is 0 Å². The predicted octanol–water partition coefficient (Wildman–Crippen LogP) is 0.499. The summed E-state index contributed by atoms with van der Waals surface area (Å²) in [7, 11) is -2.90. The summed E-state index contributed by atoms with van der Waals surface area (Å²) in [6.45, 7) is 0.381. The highest BCUT2D eigenvalue weighted by Gasteiger charge is 2.28. The molecule has 1 amide bonds. The molecule has 1 aliphatic heterocycles. The number of aromatic nitrogens is 2. The van der Waals surface area contributed by atoms with Crippen molar-refractivity contribution in [2.45, 2.75) is 6.42 Å². The molecule has 0 aliphatic carbocycles. The first-order chi connectivity index (χ1) is 9.53. The molecule has 7 heteroatoms. The number of nitrogens with zero attached hydrogens (tertiary/aromatic N) is 2. The third kappa shape index (κ3) is 2.67. The predicted molar refractivity (Wildman–Crippen MR) is 74.3 cm³/mol. The highest BCUT2D eigenvalue weighted by Crippen LogP contribution is 2.17. The van der Waals surface area contributed by atoms with Gasteiger partial charge >= 0.3 is 0 Å². The number of carbonyl (C=O) groups excluding carboxylic acids is 1. The number of nitrogens with one attached hydrogen (secondary N) is 1. The number of hydrogen-bond acceptors (Lipinski definition) is 4. The Morgan fingerprint density at radius 2 is 2.30 bits per heavy atom. The van der Waals surface area contributed by atoms with E-state index in [4.69, 9.17) is 0 Å². The number of pyridine rings is 1. The van der Waals surface area contributed by atoms with Gasteiger partial charge in [0.1, 0.15) is 11.3 Å². The quantitative estimate of drug-likeness (QED) is 0.893. The Labute approximate surface area is 116 Å². The van der Waals surface area contributed by atoms with Crippen LogP contribution in [0.3, 0.4) is 0 Å². The molecule has 0 radical (unpaired) electrons. The minimum Gasteiger partial charge on any atom is -0.350 e. The molecule has 2 aromatic rings. The molecule has 1 aliphatic rings. The van der Waals surface area contributed by atoms with Crippen molar-refractivity contribution in [3.05, 3.63) is 36.3 Å². The van der Waals surface area contributed by atoms with Crippen LogP contribution < -0.4 is 5.32 Å². The summed E-state index contributed by atoms with van der Waals surface area (Å²) in [6.07, 6.45) is 4.10. The molecule has 1 unspecified atom stereocenters. The molecule has 1 atom stereocenters. The van der Waals surface area contributed by atoms with Crippen LogP contribution >= 0.6 is 0 Å². The molecule has 106 valence electrons. The van der Waals surface area contributed by atoms with Crippen LogP contribution in [0.1, 0.15) is 16.9 Å². The van der Waals surface area contributed by atoms with Gasteiger partial charge in [0, 0.05) is 18.9 Å². The van der Waals surface area contributed by atoms with E-state index in [1.54, 1.807) is 10.6 Å². The van der Waals surface area contributed by atoms with E-state index >= 15 is 0 Å². The lowest BCUT2D eigenvalue weighted by Gasteiger charge is -2.07. The molecule has 0 aromatic carbocycles. The molecule has 0 spiro atoms. The molecule has 1 saturated heterocycles. The zero-order valence-corrected chi connectivity index (χ0v) is 11.6. The van der Waals surface area contributed by atoms with Crippen molar-refractivity contribution >= 4 is 21.4 Å². The molecule has 3 rings (SSSR count). The second kappa shape index (κ2) is 4.90. The molecule has 6 nitrogen and oxygen atoms in total. The van der Waals surface area contributed by atoms with Gasteiger partial charge in [0.25, 0.3) is 5.91 Å². The third-order valence-electron chi connectivity index (χ3n) is 3.47. The Balaban J connectivity index is 1.65. The number of amides is 1. The van der Waals surface area contributed by atoms with E-state index in [2.05, 4.69) is 10.3 Å². The number of hydrogen-bond donors (Lipinski definition) is 1. The zero-order chi connectivity index (χ0) is 14.2. The van der Waals surface area contributed by atoms with Gasteiger partial charge in [0.2, 0.25) is 0 Å². The number of sulfone groups is 1. The van der Waals surface area contributed by atoms with E-state index in [0.29, 0.717) is 24.3 Å². The van der Waals surface area contributed by atoms with Crippen molar-refractivity contribution in [1.82, 2.24) is 14.7 Å². The van der Waals surface area contributed by atoms with Crippen LogP contribution in [0.25, 0.3) is 5.65 Å². The molecule has 0 bridgehead atoms. The number of carbonyl (C=O) groups is 1. The van der Waals surface area contributed by atoms with Gasteiger partial charge in [-0.15, -0.1) is 0 Å². The first-order valence-electron chi connectivity index (χ1n) is 6.46. The summed E-state index contributed by atoms with van der Waals surface area (Å²) in [5.74, 6) is 0.138. The van der Waals surface area contributed by atoms with Crippen molar-refractivity contribution < 1.29 is 13.2 Å². The third-order valence-corrected chi connectivity index (χ3v) is 5.31. The maximum atomic E-state index is 12.0. The van der Waals surface area contributed by atoms with Gasteiger partial charge in [-0.05, 0) is 24.5 Å². The largest absolute Gasteiger partial charge is 0.350 e. The fourth-order valence-electron chi connectivity index (χ4n) is 2.40. The summed E-state index contributed by atoms with van der Waals surface area (Å²) in [5.41, 5.74) is 1.05. The van der Waals surface area contributed by atoms with Gasteiger partial charge < -0.3 is 9.72 Å². The smallest absolute Gasteiger partial charge is 0.271 e. The Hall–Kier alpha value is -1.89. The summed E-state index contributed by atoms with van der Waals surface area (Å²) < 4.78 is 24.5. The Kier molecular flexibility index (Phi) is 3.21. The molecule has 3 heterocycles. The second-order valence-electron chi connectivity index (χ2n) is 5.07. The van der Waals surface area contributed by atoms with Gasteiger partial charge in [0.15, 0.2) is 9.84 Å². The van der Waals surface area contributed by atoms with Crippen LogP contribution in [0.15, 0.2) is 30.6 Å². The van der Waals surface area contributed by atoms with E-state index in [-0.39, 0.29) is 23.3 Å². The average molecular weight is 293 g/mol. The van der Waals surface area contributed by atoms with Crippen molar-refractivity contribution in [1.29, 1.82) is 0 Å². The van der Waals surface area contributed by atoms with Crippen molar-refractivity contribution in [2.75, 3.05) is 18.1 Å². The first-order valence-corrected chi connectivity index (χ1v) is 8.28. The lowest BCUT2D eigenvalue weighted by Crippen LogP contribution is -2.30. The summed E-state index contributed by atoms with van der Waals surface area (Å²) >= 11 is 0. The van der Waals surface area contributed by atoms with Crippen LogP contribution in [-0.4, -0.2) is 41.8 Å². The Morgan fingerprint density at radius 1 is 1.45 bits per heavy atom. The molecule has 1 fully saturated rings. The molecule has 2 aromatic heterocycles. The topological polar surface area (TPSA) is 80.5 Å². The number of imidazole rings is 1. The average Bonchev–Trinajstić information content (AvgIpc) is 2.99. The number of fused-ring (bicyclic) bond motifs is 1. The van der Waals surface area contributed by atoms with Crippen LogP contribution in [-0.2, 0) is 9.84 Å². The van der Waals surface area contributed by atoms with Gasteiger partial charge in [0.05, 0.1) is 11.5 Å². The maximum absolute atomic E-state index is 12.0. The molecule has 20 heavy (non-hydrogen) atoms.